The van der Waals surface area contributed by atoms with Gasteiger partial charge in [-0.25, -0.2) is 0 Å². The number of nitrogens with zero attached hydrogens (tertiary/aromatic N) is 1. The summed E-state index contributed by atoms with van der Waals surface area (Å²) in [6.07, 6.45) is 0.0709. The molecule has 7 heteroatoms. The van der Waals surface area contributed by atoms with E-state index in [4.69, 9.17) is 16.1 Å². The van der Waals surface area contributed by atoms with Gasteiger partial charge >= 0.3 is 0 Å². The Morgan fingerprint density at radius 1 is 1.04 bits per heavy atom. The van der Waals surface area contributed by atoms with Gasteiger partial charge in [0.25, 0.3) is 0 Å². The SMILES string of the molecule is CC(=O)Nc1cccc(NC(=O)Cc2cc(-c3ccc(Cl)cc3)on2)c1. The molecule has 132 valence electrons. The summed E-state index contributed by atoms with van der Waals surface area (Å²) in [5, 5.41) is 10.00. The van der Waals surface area contributed by atoms with Crippen LogP contribution >= 0.6 is 11.6 Å². The molecule has 0 radical (unpaired) electrons. The van der Waals surface area contributed by atoms with Crippen LogP contribution in [0.2, 0.25) is 5.02 Å². The second-order valence-electron chi connectivity index (χ2n) is 5.68. The number of carbonyl (C=O) groups is 2. The third-order valence-corrected chi connectivity index (χ3v) is 3.75. The third-order valence-electron chi connectivity index (χ3n) is 3.50. The second kappa shape index (κ2) is 7.84. The van der Waals surface area contributed by atoms with Crippen molar-refractivity contribution in [2.24, 2.45) is 0 Å². The summed E-state index contributed by atoms with van der Waals surface area (Å²) in [4.78, 5) is 23.3. The molecule has 2 aromatic carbocycles. The zero-order valence-corrected chi connectivity index (χ0v) is 14.7. The van der Waals surface area contributed by atoms with E-state index >= 15 is 0 Å². The molecule has 3 aromatic rings. The van der Waals surface area contributed by atoms with Gasteiger partial charge in [-0.1, -0.05) is 22.8 Å². The largest absolute Gasteiger partial charge is 0.356 e. The molecule has 6 nitrogen and oxygen atoms in total. The van der Waals surface area contributed by atoms with E-state index in [9.17, 15) is 9.59 Å². The van der Waals surface area contributed by atoms with Crippen molar-refractivity contribution in [2.75, 3.05) is 10.6 Å². The van der Waals surface area contributed by atoms with Gasteiger partial charge in [-0.2, -0.15) is 0 Å². The first kappa shape index (κ1) is 17.7. The molecule has 1 aromatic heterocycles. The van der Waals surface area contributed by atoms with Crippen molar-refractivity contribution >= 4 is 34.8 Å². The molecule has 0 bridgehead atoms. The number of rotatable bonds is 5. The lowest BCUT2D eigenvalue weighted by atomic mass is 10.1. The summed E-state index contributed by atoms with van der Waals surface area (Å²) in [6.45, 7) is 1.42. The molecule has 1 heterocycles. The maximum absolute atomic E-state index is 12.2. The topological polar surface area (TPSA) is 84.2 Å². The quantitative estimate of drug-likeness (QED) is 0.708. The Bertz CT molecular complexity index is 935. The van der Waals surface area contributed by atoms with Crippen molar-refractivity contribution in [3.05, 3.63) is 65.3 Å². The lowest BCUT2D eigenvalue weighted by Gasteiger charge is -2.07. The maximum atomic E-state index is 12.2. The Morgan fingerprint density at radius 3 is 2.42 bits per heavy atom. The zero-order valence-electron chi connectivity index (χ0n) is 14.0. The Kier molecular flexibility index (Phi) is 5.34. The molecule has 2 amide bonds. The van der Waals surface area contributed by atoms with Gasteiger partial charge in [-0.3, -0.25) is 9.59 Å². The summed E-state index contributed by atoms with van der Waals surface area (Å²) in [5.74, 6) is 0.156. The molecule has 0 spiro atoms. The highest BCUT2D eigenvalue weighted by atomic mass is 35.5. The highest BCUT2D eigenvalue weighted by Gasteiger charge is 2.11. The van der Waals surface area contributed by atoms with Gasteiger partial charge in [0.1, 0.15) is 0 Å². The second-order valence-corrected chi connectivity index (χ2v) is 6.11. The van der Waals surface area contributed by atoms with E-state index < -0.39 is 0 Å². The van der Waals surface area contributed by atoms with Crippen LogP contribution in [0.25, 0.3) is 11.3 Å². The number of benzene rings is 2. The Morgan fingerprint density at radius 2 is 1.73 bits per heavy atom. The van der Waals surface area contributed by atoms with Crippen molar-refractivity contribution in [3.8, 4) is 11.3 Å². The number of aromatic nitrogens is 1. The van der Waals surface area contributed by atoms with Gasteiger partial charge in [0.05, 0.1) is 12.1 Å². The molecular weight excluding hydrogens is 354 g/mol. The number of carbonyl (C=O) groups excluding carboxylic acids is 2. The number of anilines is 2. The Hall–Kier alpha value is -3.12. The highest BCUT2D eigenvalue weighted by Crippen LogP contribution is 2.22. The molecule has 0 atom stereocenters. The van der Waals surface area contributed by atoms with Crippen LogP contribution in [0.1, 0.15) is 12.6 Å². The van der Waals surface area contributed by atoms with Gasteiger partial charge in [-0.15, -0.1) is 0 Å². The Balaban J connectivity index is 1.64. The average molecular weight is 370 g/mol. The first-order chi connectivity index (χ1) is 12.5. The van der Waals surface area contributed by atoms with Crippen LogP contribution in [0.4, 0.5) is 11.4 Å². The van der Waals surface area contributed by atoms with Crippen molar-refractivity contribution in [2.45, 2.75) is 13.3 Å². The van der Waals surface area contributed by atoms with Crippen molar-refractivity contribution in [3.63, 3.8) is 0 Å². The van der Waals surface area contributed by atoms with E-state index in [0.717, 1.165) is 5.56 Å². The van der Waals surface area contributed by atoms with Gasteiger partial charge < -0.3 is 15.2 Å². The van der Waals surface area contributed by atoms with Gasteiger partial charge in [0, 0.05) is 35.0 Å². The molecule has 0 aliphatic carbocycles. The van der Waals surface area contributed by atoms with Crippen LogP contribution in [0, 0.1) is 0 Å². The van der Waals surface area contributed by atoms with E-state index in [1.54, 1.807) is 42.5 Å². The van der Waals surface area contributed by atoms with Gasteiger partial charge in [0.15, 0.2) is 5.76 Å². The van der Waals surface area contributed by atoms with Crippen LogP contribution in [0.15, 0.2) is 59.1 Å². The normalized spacial score (nSPS) is 10.4. The lowest BCUT2D eigenvalue weighted by molar-refractivity contribution is -0.116. The Labute approximate surface area is 155 Å². The maximum Gasteiger partial charge on any atom is 0.230 e. The van der Waals surface area contributed by atoms with Crippen molar-refractivity contribution in [1.29, 1.82) is 0 Å². The number of hydrogen-bond donors (Lipinski definition) is 2. The zero-order chi connectivity index (χ0) is 18.5. The molecular formula is C19H16ClN3O3. The summed E-state index contributed by atoms with van der Waals surface area (Å²) in [7, 11) is 0. The number of hydrogen-bond acceptors (Lipinski definition) is 4. The van der Waals surface area contributed by atoms with Crippen LogP contribution in [0.3, 0.4) is 0 Å². The fourth-order valence-electron chi connectivity index (χ4n) is 2.39. The number of amides is 2. The van der Waals surface area contributed by atoms with Crippen molar-refractivity contribution in [1.82, 2.24) is 5.16 Å². The van der Waals surface area contributed by atoms with E-state index in [-0.39, 0.29) is 18.2 Å². The van der Waals surface area contributed by atoms with E-state index in [2.05, 4.69) is 15.8 Å². The van der Waals surface area contributed by atoms with Crippen molar-refractivity contribution < 1.29 is 14.1 Å². The fourth-order valence-corrected chi connectivity index (χ4v) is 2.52. The molecule has 0 unspecified atom stereocenters. The molecule has 26 heavy (non-hydrogen) atoms. The minimum atomic E-state index is -0.235. The summed E-state index contributed by atoms with van der Waals surface area (Å²) in [6, 6.07) is 15.8. The van der Waals surface area contributed by atoms with E-state index in [1.807, 2.05) is 12.1 Å². The third kappa shape index (κ3) is 4.70. The minimum Gasteiger partial charge on any atom is -0.356 e. The molecule has 0 saturated heterocycles. The van der Waals surface area contributed by atoms with Gasteiger partial charge in [-0.05, 0) is 42.5 Å². The standard InChI is InChI=1S/C19H16ClN3O3/c1-12(24)21-15-3-2-4-16(9-15)22-19(25)11-17-10-18(26-23-17)13-5-7-14(20)8-6-13/h2-10H,11H2,1H3,(H,21,24)(H,22,25). The number of halogens is 1. The summed E-state index contributed by atoms with van der Waals surface area (Å²) in [5.41, 5.74) is 2.55. The van der Waals surface area contributed by atoms with Crippen LogP contribution < -0.4 is 10.6 Å². The average Bonchev–Trinajstić information content (AvgIpc) is 3.03. The van der Waals surface area contributed by atoms with E-state index in [1.165, 1.54) is 6.92 Å². The van der Waals surface area contributed by atoms with Gasteiger partial charge in [0.2, 0.25) is 11.8 Å². The fraction of sp³-hybridized carbons (Fsp3) is 0.105. The minimum absolute atomic E-state index is 0.0709. The van der Waals surface area contributed by atoms with E-state index in [0.29, 0.717) is 27.9 Å². The van der Waals surface area contributed by atoms with Crippen LogP contribution in [0.5, 0.6) is 0 Å². The smallest absolute Gasteiger partial charge is 0.230 e. The molecule has 0 saturated carbocycles. The predicted molar refractivity (Wildman–Crippen MR) is 100 cm³/mol. The number of nitrogens with one attached hydrogen (secondary N) is 2. The molecule has 0 fully saturated rings. The highest BCUT2D eigenvalue weighted by molar-refractivity contribution is 6.30. The monoisotopic (exact) mass is 369 g/mol. The molecule has 0 aliphatic heterocycles. The van der Waals surface area contributed by atoms with Crippen LogP contribution in [-0.2, 0) is 16.0 Å². The summed E-state index contributed by atoms with van der Waals surface area (Å²) >= 11 is 5.87. The predicted octanol–water partition coefficient (Wildman–Crippen LogP) is 4.13. The molecule has 0 aliphatic rings. The lowest BCUT2D eigenvalue weighted by Crippen LogP contribution is -2.15. The molecule has 3 rings (SSSR count). The first-order valence-electron chi connectivity index (χ1n) is 7.88. The molecule has 2 N–H and O–H groups in total. The first-order valence-corrected chi connectivity index (χ1v) is 8.26. The summed E-state index contributed by atoms with van der Waals surface area (Å²) < 4.78 is 5.28. The van der Waals surface area contributed by atoms with Crippen LogP contribution in [-0.4, -0.2) is 17.0 Å².